The monoisotopic (exact) mass is 794 g/mol. The van der Waals surface area contributed by atoms with E-state index in [0.29, 0.717) is 24.3 Å². The van der Waals surface area contributed by atoms with Crippen molar-refractivity contribution >= 4 is 5.97 Å². The first-order chi connectivity index (χ1) is 28.6. The van der Waals surface area contributed by atoms with E-state index < -0.39 is 23.7 Å². The van der Waals surface area contributed by atoms with Crippen LogP contribution >= 0.6 is 0 Å². The molecule has 0 saturated heterocycles. The van der Waals surface area contributed by atoms with E-state index in [9.17, 15) is 20.1 Å². The fourth-order valence-corrected chi connectivity index (χ4v) is 10.9. The average molecular weight is 795 g/mol. The topological polar surface area (TPSA) is 153 Å². The summed E-state index contributed by atoms with van der Waals surface area (Å²) in [5, 5.41) is 37.0. The molecule has 1 fully saturated rings. The highest BCUT2D eigenvalue weighted by Crippen LogP contribution is 2.63. The second-order valence-electron chi connectivity index (χ2n) is 16.7. The first kappa shape index (κ1) is 38.6. The highest BCUT2D eigenvalue weighted by molar-refractivity contribution is 5.84. The molecule has 304 valence electrons. The third-order valence-corrected chi connectivity index (χ3v) is 13.3. The second-order valence-corrected chi connectivity index (χ2v) is 16.7. The summed E-state index contributed by atoms with van der Waals surface area (Å²) < 4.78 is 24.7. The zero-order chi connectivity index (χ0) is 41.0. The molecule has 4 aromatic carbocycles. The molecule has 3 heterocycles. The van der Waals surface area contributed by atoms with Gasteiger partial charge in [0.15, 0.2) is 11.5 Å². The first-order valence-corrected chi connectivity index (χ1v) is 20.5. The Morgan fingerprint density at radius 3 is 2.61 bits per heavy atom. The van der Waals surface area contributed by atoms with Gasteiger partial charge < -0.3 is 45.3 Å². The van der Waals surface area contributed by atoms with E-state index in [-0.39, 0.29) is 54.8 Å². The molecule has 10 heteroatoms. The minimum absolute atomic E-state index is 0.0222. The number of allylic oxidation sites excluding steroid dienone is 3. The highest BCUT2D eigenvalue weighted by Gasteiger charge is 2.53. The fourth-order valence-electron chi connectivity index (χ4n) is 10.9. The van der Waals surface area contributed by atoms with Crippen LogP contribution in [0.25, 0.3) is 11.1 Å². The number of fused-ring (bicyclic) bond motifs is 6. The normalized spacial score (nSPS) is 25.1. The summed E-state index contributed by atoms with van der Waals surface area (Å²) in [5.41, 5.74) is 15.4. The van der Waals surface area contributed by atoms with Crippen molar-refractivity contribution in [2.75, 3.05) is 27.4 Å². The number of benzene rings is 4. The van der Waals surface area contributed by atoms with Gasteiger partial charge in [-0.05, 0) is 108 Å². The molecule has 59 heavy (non-hydrogen) atoms. The summed E-state index contributed by atoms with van der Waals surface area (Å²) in [6.07, 6.45) is 7.05. The van der Waals surface area contributed by atoms with Gasteiger partial charge in [0.05, 0.1) is 32.0 Å². The summed E-state index contributed by atoms with van der Waals surface area (Å²) in [6, 6.07) is 21.5. The van der Waals surface area contributed by atoms with Crippen molar-refractivity contribution in [3.63, 3.8) is 0 Å². The van der Waals surface area contributed by atoms with E-state index in [1.54, 1.807) is 19.2 Å². The zero-order valence-corrected chi connectivity index (χ0v) is 33.6. The zero-order valence-electron chi connectivity index (χ0n) is 33.6. The molecule has 1 spiro atoms. The van der Waals surface area contributed by atoms with Crippen LogP contribution in [-0.4, -0.2) is 54.9 Å². The predicted molar refractivity (Wildman–Crippen MR) is 223 cm³/mol. The Bertz CT molecular complexity index is 2450. The maximum atomic E-state index is 12.4. The summed E-state index contributed by atoms with van der Waals surface area (Å²) in [4.78, 5) is 12.4. The van der Waals surface area contributed by atoms with Gasteiger partial charge in [0.25, 0.3) is 0 Å². The lowest BCUT2D eigenvalue weighted by molar-refractivity contribution is -0.141. The number of esters is 1. The maximum Gasteiger partial charge on any atom is 0.302 e. The molecule has 4 aromatic rings. The van der Waals surface area contributed by atoms with Gasteiger partial charge >= 0.3 is 5.97 Å². The number of rotatable bonds is 8. The van der Waals surface area contributed by atoms with Crippen molar-refractivity contribution < 1.29 is 39.1 Å². The molecular formula is C49H50N2O8. The van der Waals surface area contributed by atoms with Gasteiger partial charge in [-0.3, -0.25) is 4.79 Å². The Morgan fingerprint density at radius 1 is 1.03 bits per heavy atom. The average Bonchev–Trinajstić information content (AvgIpc) is 3.81. The largest absolute Gasteiger partial charge is 0.508 e. The van der Waals surface area contributed by atoms with Gasteiger partial charge in [-0.15, -0.1) is 0 Å². The van der Waals surface area contributed by atoms with Crippen molar-refractivity contribution in [2.24, 2.45) is 23.5 Å². The Morgan fingerprint density at radius 2 is 1.85 bits per heavy atom. The highest BCUT2D eigenvalue weighted by atomic mass is 16.5. The number of nitrogens with one attached hydrogen (secondary N) is 1. The number of carbonyl (C=O) groups excluding carboxylic acids is 1. The van der Waals surface area contributed by atoms with E-state index in [4.69, 9.17) is 24.7 Å². The first-order valence-electron chi connectivity index (χ1n) is 20.5. The summed E-state index contributed by atoms with van der Waals surface area (Å²) in [5.74, 6) is 7.72. The summed E-state index contributed by atoms with van der Waals surface area (Å²) >= 11 is 0. The number of methoxy groups -OCH3 is 2. The SMILES string of the molecule is COc1cc2c(cc1O)CC#CC1=C(C=CC(N)N1)C(C(CO)Cc1ccccc1)C1CCC3(Cc4cc(O)cc(OC)c4-c4ccc5c(c43)OC2C5COC(C)=O)C1. The van der Waals surface area contributed by atoms with Crippen LogP contribution in [0, 0.1) is 29.6 Å². The number of ether oxygens (including phenoxy) is 4. The van der Waals surface area contributed by atoms with Gasteiger partial charge in [-0.25, -0.2) is 0 Å². The lowest BCUT2D eigenvalue weighted by Crippen LogP contribution is -2.40. The van der Waals surface area contributed by atoms with Crippen molar-refractivity contribution in [2.45, 2.75) is 69.1 Å². The summed E-state index contributed by atoms with van der Waals surface area (Å²) in [6.45, 7) is 1.46. The van der Waals surface area contributed by atoms with E-state index >= 15 is 0 Å². The Hall–Kier alpha value is -5.89. The molecule has 2 aliphatic carbocycles. The smallest absolute Gasteiger partial charge is 0.302 e. The van der Waals surface area contributed by atoms with Crippen LogP contribution in [0.3, 0.4) is 0 Å². The molecular weight excluding hydrogens is 745 g/mol. The molecule has 0 amide bonds. The number of aromatic hydroxyl groups is 2. The van der Waals surface area contributed by atoms with Crippen LogP contribution in [0.15, 0.2) is 90.2 Å². The number of dihydropyridines is 1. The minimum atomic E-state index is -0.610. The number of hydrogen-bond donors (Lipinski definition) is 5. The predicted octanol–water partition coefficient (Wildman–Crippen LogP) is 6.88. The van der Waals surface area contributed by atoms with E-state index in [1.165, 1.54) is 14.0 Å². The van der Waals surface area contributed by atoms with Crippen LogP contribution in [-0.2, 0) is 34.2 Å². The third kappa shape index (κ3) is 6.76. The number of phenolic OH excluding ortho intramolecular Hbond substituents is 2. The van der Waals surface area contributed by atoms with Crippen molar-refractivity contribution in [3.05, 3.63) is 124 Å². The molecule has 4 bridgehead atoms. The number of carbonyl (C=O) groups is 1. The summed E-state index contributed by atoms with van der Waals surface area (Å²) in [7, 11) is 3.14. The lowest BCUT2D eigenvalue weighted by Gasteiger charge is -2.40. The Balaban J connectivity index is 1.31. The number of aliphatic hydroxyl groups excluding tert-OH is 1. The van der Waals surface area contributed by atoms with Crippen LogP contribution < -0.4 is 25.3 Å². The lowest BCUT2D eigenvalue weighted by atomic mass is 9.64. The number of phenols is 2. The van der Waals surface area contributed by atoms with Crippen LogP contribution in [0.2, 0.25) is 0 Å². The third-order valence-electron chi connectivity index (χ3n) is 13.3. The quantitative estimate of drug-likeness (QED) is 0.0943. The second kappa shape index (κ2) is 15.4. The van der Waals surface area contributed by atoms with E-state index in [2.05, 4.69) is 47.5 Å². The van der Waals surface area contributed by atoms with Crippen molar-refractivity contribution in [1.82, 2.24) is 5.32 Å². The molecule has 0 radical (unpaired) electrons. The van der Waals surface area contributed by atoms with E-state index in [0.717, 1.165) is 80.8 Å². The molecule has 7 unspecified atom stereocenters. The van der Waals surface area contributed by atoms with Crippen molar-refractivity contribution in [3.8, 4) is 51.7 Å². The Kier molecular flexibility index (Phi) is 10.1. The maximum absolute atomic E-state index is 12.4. The molecule has 5 aliphatic rings. The molecule has 1 saturated carbocycles. The van der Waals surface area contributed by atoms with Gasteiger partial charge in [-0.2, -0.15) is 0 Å². The molecule has 3 aliphatic heterocycles. The molecule has 6 N–H and O–H groups in total. The Labute approximate surface area is 344 Å². The number of aliphatic hydroxyl groups is 1. The van der Waals surface area contributed by atoms with Crippen LogP contribution in [0.4, 0.5) is 0 Å². The standard InChI is InChI=1S/C49H50N2O8/c1-27(53)58-26-38-34-12-13-36-45-31(19-33(54)21-42(45)57-3)24-49-17-16-30(23-49)44(32(25-52)18-28-8-5-4-6-9-28)35-14-15-43(50)51-39(35)11-7-10-29-20-40(55)41(56-2)22-37(29)47(38)59-48(34)46(36)49/h4-6,8-9,12-15,19-22,30,32,38,43-44,47,51-52,54-55H,10,16-18,23-26,50H2,1-3H3. The molecule has 9 rings (SSSR count). The van der Waals surface area contributed by atoms with Gasteiger partial charge in [-0.1, -0.05) is 54.5 Å². The van der Waals surface area contributed by atoms with Gasteiger partial charge in [0.1, 0.15) is 30.0 Å². The number of hydrogen-bond acceptors (Lipinski definition) is 10. The molecule has 10 nitrogen and oxygen atoms in total. The molecule has 0 aromatic heterocycles. The number of nitrogens with two attached hydrogens (primary N) is 1. The van der Waals surface area contributed by atoms with Gasteiger partial charge in [0, 0.05) is 53.7 Å². The fraction of sp³-hybridized carbons (Fsp3) is 0.367. The van der Waals surface area contributed by atoms with Crippen molar-refractivity contribution in [1.29, 1.82) is 0 Å². The van der Waals surface area contributed by atoms with Crippen LogP contribution in [0.1, 0.15) is 71.6 Å². The van der Waals surface area contributed by atoms with Crippen LogP contribution in [0.5, 0.6) is 28.7 Å². The molecule has 7 atom stereocenters. The van der Waals surface area contributed by atoms with Gasteiger partial charge in [0.2, 0.25) is 0 Å². The van der Waals surface area contributed by atoms with E-state index in [1.807, 2.05) is 36.4 Å². The minimum Gasteiger partial charge on any atom is -0.508 e.